The maximum absolute atomic E-state index is 13.2. The molecule has 7 heteroatoms. The number of aliphatic carboxylic acids is 1. The Kier molecular flexibility index (Phi) is 5.59. The monoisotopic (exact) mass is 441 g/mol. The topological polar surface area (TPSA) is 102 Å². The van der Waals surface area contributed by atoms with Gasteiger partial charge in [-0.05, 0) is 48.0 Å². The molecule has 0 unspecified atom stereocenters. The molecule has 1 aliphatic rings. The number of hydrogen-bond acceptors (Lipinski definition) is 5. The van der Waals surface area contributed by atoms with Gasteiger partial charge in [0.15, 0.2) is 0 Å². The Bertz CT molecular complexity index is 1270. The zero-order valence-electron chi connectivity index (χ0n) is 17.6. The fourth-order valence-electron chi connectivity index (χ4n) is 3.93. The van der Waals surface area contributed by atoms with Crippen molar-refractivity contribution in [3.8, 4) is 23.8 Å². The average Bonchev–Trinajstić information content (AvgIpc) is 2.84. The van der Waals surface area contributed by atoms with Gasteiger partial charge in [0.1, 0.15) is 11.5 Å². The van der Waals surface area contributed by atoms with Gasteiger partial charge in [-0.25, -0.2) is 9.59 Å². The number of carboxylic acid groups (broad SMARTS) is 1. The number of amides is 1. The van der Waals surface area contributed by atoms with Crippen molar-refractivity contribution >= 4 is 17.8 Å². The summed E-state index contributed by atoms with van der Waals surface area (Å²) in [6.07, 6.45) is 5.45. The molecule has 164 valence electrons. The smallest absolute Gasteiger partial charge is 0.350 e. The van der Waals surface area contributed by atoms with Gasteiger partial charge in [0.05, 0.1) is 13.0 Å². The second kappa shape index (κ2) is 8.52. The molecule has 0 aromatic heterocycles. The quantitative estimate of drug-likeness (QED) is 0.273. The summed E-state index contributed by atoms with van der Waals surface area (Å²) >= 11 is 0. The van der Waals surface area contributed by atoms with Gasteiger partial charge >= 0.3 is 11.9 Å². The van der Waals surface area contributed by atoms with Crippen LogP contribution in [0.5, 0.6) is 11.5 Å². The van der Waals surface area contributed by atoms with Crippen molar-refractivity contribution in [1.82, 2.24) is 5.32 Å². The van der Waals surface area contributed by atoms with Gasteiger partial charge in [-0.2, -0.15) is 0 Å². The van der Waals surface area contributed by atoms with Crippen LogP contribution in [0.4, 0.5) is 0 Å². The number of carboxylic acids is 1. The normalized spacial score (nSPS) is 18.9. The van der Waals surface area contributed by atoms with E-state index in [-0.39, 0.29) is 11.3 Å². The van der Waals surface area contributed by atoms with Gasteiger partial charge in [0, 0.05) is 16.7 Å². The molecule has 1 aliphatic heterocycles. The highest BCUT2D eigenvalue weighted by molar-refractivity contribution is 6.12. The predicted octanol–water partition coefficient (Wildman–Crippen LogP) is 2.98. The van der Waals surface area contributed by atoms with E-state index in [1.54, 1.807) is 60.7 Å². The zero-order chi connectivity index (χ0) is 23.6. The summed E-state index contributed by atoms with van der Waals surface area (Å²) in [6.45, 7) is 0. The van der Waals surface area contributed by atoms with Crippen LogP contribution in [0.1, 0.15) is 33.0 Å². The van der Waals surface area contributed by atoms with E-state index in [9.17, 15) is 19.5 Å². The van der Waals surface area contributed by atoms with E-state index in [0.29, 0.717) is 22.4 Å². The van der Waals surface area contributed by atoms with Gasteiger partial charge in [-0.15, -0.1) is 6.42 Å². The highest BCUT2D eigenvalue weighted by atomic mass is 16.5. The van der Waals surface area contributed by atoms with Crippen molar-refractivity contribution in [2.45, 2.75) is 11.5 Å². The van der Waals surface area contributed by atoms with Crippen LogP contribution in [0.15, 0.2) is 72.8 Å². The molecule has 1 heterocycles. The standard InChI is InChI=1S/C26H19NO6/c1-3-16-8-10-17(11-9-16)22-20-6-4-5-7-21(20)33-25(31)26(22,24(29)30)27-23(28)18-12-14-19(32-2)15-13-18/h1,4-15,22H,2H3,(H,27,28)(H,29,30)/t22-,26-/m0/s1. The number of fused-ring (bicyclic) bond motifs is 1. The van der Waals surface area contributed by atoms with Crippen molar-refractivity contribution in [2.24, 2.45) is 0 Å². The van der Waals surface area contributed by atoms with Crippen LogP contribution in [-0.2, 0) is 9.59 Å². The number of nitrogens with one attached hydrogen (secondary N) is 1. The molecule has 0 saturated heterocycles. The predicted molar refractivity (Wildman–Crippen MR) is 119 cm³/mol. The first-order valence-corrected chi connectivity index (χ1v) is 9.98. The summed E-state index contributed by atoms with van der Waals surface area (Å²) in [6, 6.07) is 19.3. The summed E-state index contributed by atoms with van der Waals surface area (Å²) in [7, 11) is 1.49. The minimum absolute atomic E-state index is 0.157. The molecule has 2 N–H and O–H groups in total. The summed E-state index contributed by atoms with van der Waals surface area (Å²) in [5.41, 5.74) is -0.736. The number of methoxy groups -OCH3 is 1. The maximum Gasteiger partial charge on any atom is 0.350 e. The molecule has 0 fully saturated rings. The number of ether oxygens (including phenoxy) is 2. The minimum atomic E-state index is -2.41. The maximum atomic E-state index is 13.2. The third kappa shape index (κ3) is 3.68. The second-order valence-corrected chi connectivity index (χ2v) is 7.42. The number of carbonyl (C=O) groups excluding carboxylic acids is 2. The number of carbonyl (C=O) groups is 3. The molecule has 0 aliphatic carbocycles. The number of para-hydroxylation sites is 1. The highest BCUT2D eigenvalue weighted by Gasteiger charge is 2.60. The highest BCUT2D eigenvalue weighted by Crippen LogP contribution is 2.44. The molecular weight excluding hydrogens is 422 g/mol. The van der Waals surface area contributed by atoms with E-state index in [1.165, 1.54) is 19.2 Å². The third-order valence-electron chi connectivity index (χ3n) is 5.60. The van der Waals surface area contributed by atoms with Gasteiger partial charge in [-0.1, -0.05) is 36.3 Å². The molecule has 7 nitrogen and oxygen atoms in total. The molecule has 4 rings (SSSR count). The SMILES string of the molecule is C#Cc1ccc([C@H]2c3ccccc3OC(=O)[C@@]2(NC(=O)c2ccc(OC)cc2)C(=O)O)cc1. The lowest BCUT2D eigenvalue weighted by atomic mass is 9.72. The van der Waals surface area contributed by atoms with E-state index in [4.69, 9.17) is 15.9 Å². The second-order valence-electron chi connectivity index (χ2n) is 7.42. The van der Waals surface area contributed by atoms with Crippen molar-refractivity contribution in [1.29, 1.82) is 0 Å². The Hall–Kier alpha value is -4.57. The van der Waals surface area contributed by atoms with Crippen molar-refractivity contribution in [2.75, 3.05) is 7.11 Å². The molecule has 0 spiro atoms. The molecule has 0 saturated carbocycles. The van der Waals surface area contributed by atoms with Crippen LogP contribution in [0.25, 0.3) is 0 Å². The lowest BCUT2D eigenvalue weighted by molar-refractivity contribution is -0.159. The van der Waals surface area contributed by atoms with Crippen molar-refractivity contribution in [3.63, 3.8) is 0 Å². The summed E-state index contributed by atoms with van der Waals surface area (Å²) < 4.78 is 10.5. The number of rotatable bonds is 5. The third-order valence-corrected chi connectivity index (χ3v) is 5.60. The Balaban J connectivity index is 1.87. The summed E-state index contributed by atoms with van der Waals surface area (Å²) in [5, 5.41) is 12.8. The Morgan fingerprint density at radius 3 is 2.33 bits per heavy atom. The number of terminal acetylenes is 1. The molecule has 3 aromatic carbocycles. The molecule has 33 heavy (non-hydrogen) atoms. The van der Waals surface area contributed by atoms with E-state index >= 15 is 0 Å². The Morgan fingerprint density at radius 2 is 1.73 bits per heavy atom. The fourth-order valence-corrected chi connectivity index (χ4v) is 3.93. The molecular formula is C26H19NO6. The van der Waals surface area contributed by atoms with Crippen molar-refractivity contribution in [3.05, 3.63) is 95.1 Å². The van der Waals surface area contributed by atoms with E-state index < -0.39 is 29.3 Å². The average molecular weight is 441 g/mol. The van der Waals surface area contributed by atoms with Gasteiger partial charge in [-0.3, -0.25) is 4.79 Å². The molecule has 3 aromatic rings. The summed E-state index contributed by atoms with van der Waals surface area (Å²) in [4.78, 5) is 39.0. The zero-order valence-corrected chi connectivity index (χ0v) is 17.6. The van der Waals surface area contributed by atoms with Crippen LogP contribution >= 0.6 is 0 Å². The number of hydrogen-bond donors (Lipinski definition) is 2. The fraction of sp³-hybridized carbons (Fsp3) is 0.115. The van der Waals surface area contributed by atoms with E-state index in [0.717, 1.165) is 0 Å². The largest absolute Gasteiger partial charge is 0.497 e. The minimum Gasteiger partial charge on any atom is -0.497 e. The molecule has 0 bridgehead atoms. The first-order valence-electron chi connectivity index (χ1n) is 9.98. The van der Waals surface area contributed by atoms with Crippen LogP contribution < -0.4 is 14.8 Å². The van der Waals surface area contributed by atoms with Crippen LogP contribution in [0.3, 0.4) is 0 Å². The number of esters is 1. The van der Waals surface area contributed by atoms with Gasteiger partial charge in [0.25, 0.3) is 5.91 Å². The van der Waals surface area contributed by atoms with Gasteiger partial charge in [0.2, 0.25) is 5.54 Å². The first-order chi connectivity index (χ1) is 15.9. The lowest BCUT2D eigenvalue weighted by Gasteiger charge is -2.40. The van der Waals surface area contributed by atoms with Crippen LogP contribution in [0.2, 0.25) is 0 Å². The number of benzene rings is 3. The first kappa shape index (κ1) is 21.7. The van der Waals surface area contributed by atoms with Crippen LogP contribution in [0, 0.1) is 12.3 Å². The Labute approximate surface area is 190 Å². The molecule has 0 radical (unpaired) electrons. The lowest BCUT2D eigenvalue weighted by Crippen LogP contribution is -2.66. The molecule has 1 amide bonds. The van der Waals surface area contributed by atoms with Crippen LogP contribution in [-0.4, -0.2) is 35.6 Å². The summed E-state index contributed by atoms with van der Waals surface area (Å²) in [5.74, 6) is -1.20. The molecule has 2 atom stereocenters. The van der Waals surface area contributed by atoms with E-state index in [2.05, 4.69) is 11.2 Å². The van der Waals surface area contributed by atoms with Crippen molar-refractivity contribution < 1.29 is 29.0 Å². The Morgan fingerprint density at radius 1 is 1.06 bits per heavy atom. The van der Waals surface area contributed by atoms with Gasteiger partial charge < -0.3 is 19.9 Å². The van der Waals surface area contributed by atoms with E-state index in [1.807, 2.05) is 0 Å².